The predicted molar refractivity (Wildman–Crippen MR) is 66.1 cm³/mol. The Morgan fingerprint density at radius 2 is 2.12 bits per heavy atom. The molecule has 0 fully saturated rings. The Kier molecular flexibility index (Phi) is 4.30. The van der Waals surface area contributed by atoms with Gasteiger partial charge in [-0.1, -0.05) is 38.4 Å². The summed E-state index contributed by atoms with van der Waals surface area (Å²) in [5, 5.41) is 0.411. The van der Waals surface area contributed by atoms with Crippen molar-refractivity contribution in [3.63, 3.8) is 0 Å². The lowest BCUT2D eigenvalue weighted by atomic mass is 9.96. The molecule has 0 unspecified atom stereocenters. The van der Waals surface area contributed by atoms with E-state index >= 15 is 0 Å². The highest BCUT2D eigenvalue weighted by Crippen LogP contribution is 2.23. The summed E-state index contributed by atoms with van der Waals surface area (Å²) in [4.78, 5) is 8.51. The van der Waals surface area contributed by atoms with Gasteiger partial charge >= 0.3 is 0 Å². The third-order valence-electron chi connectivity index (χ3n) is 1.91. The van der Waals surface area contributed by atoms with Gasteiger partial charge in [-0.3, -0.25) is 0 Å². The van der Waals surface area contributed by atoms with Gasteiger partial charge < -0.3 is 4.74 Å². The lowest BCUT2D eigenvalue weighted by molar-refractivity contribution is 0.308. The van der Waals surface area contributed by atoms with Crippen molar-refractivity contribution in [2.45, 2.75) is 32.6 Å². The average molecular weight is 241 g/mol. The molecule has 0 aromatic carbocycles. The minimum atomic E-state index is -0.137. The maximum absolute atomic E-state index is 5.92. The zero-order valence-electron chi connectivity index (χ0n) is 9.96. The monoisotopic (exact) mass is 240 g/mol. The van der Waals surface area contributed by atoms with Crippen molar-refractivity contribution in [2.75, 3.05) is 6.61 Å². The molecule has 1 rings (SSSR count). The standard InChI is InChI=1S/C12H17ClN2O/c1-5-6-7-16-10-8-9(13)14-11(15-10)12(2,3)4/h5,8H,1,6-7H2,2-4H3. The summed E-state index contributed by atoms with van der Waals surface area (Å²) < 4.78 is 5.46. The molecule has 0 bridgehead atoms. The molecule has 88 valence electrons. The first-order chi connectivity index (χ1) is 7.43. The molecule has 3 nitrogen and oxygen atoms in total. The maximum atomic E-state index is 5.92. The van der Waals surface area contributed by atoms with Gasteiger partial charge in [-0.25, -0.2) is 4.98 Å². The van der Waals surface area contributed by atoms with Crippen LogP contribution < -0.4 is 4.74 Å². The van der Waals surface area contributed by atoms with E-state index in [9.17, 15) is 0 Å². The second kappa shape index (κ2) is 5.30. The molecule has 0 spiro atoms. The normalized spacial score (nSPS) is 11.2. The fourth-order valence-corrected chi connectivity index (χ4v) is 1.23. The molecular weight excluding hydrogens is 224 g/mol. The van der Waals surface area contributed by atoms with Crippen LogP contribution in [0.5, 0.6) is 5.88 Å². The first-order valence-electron chi connectivity index (χ1n) is 5.22. The number of nitrogens with zero attached hydrogens (tertiary/aromatic N) is 2. The van der Waals surface area contributed by atoms with Crippen LogP contribution in [0.3, 0.4) is 0 Å². The number of ether oxygens (including phenoxy) is 1. The van der Waals surface area contributed by atoms with E-state index in [4.69, 9.17) is 16.3 Å². The minimum Gasteiger partial charge on any atom is -0.477 e. The van der Waals surface area contributed by atoms with Gasteiger partial charge in [0.25, 0.3) is 0 Å². The number of hydrogen-bond donors (Lipinski definition) is 0. The topological polar surface area (TPSA) is 35.0 Å². The van der Waals surface area contributed by atoms with Gasteiger partial charge in [0.05, 0.1) is 6.61 Å². The first-order valence-corrected chi connectivity index (χ1v) is 5.60. The van der Waals surface area contributed by atoms with E-state index in [1.165, 1.54) is 0 Å². The van der Waals surface area contributed by atoms with Crippen LogP contribution in [0.25, 0.3) is 0 Å². The third kappa shape index (κ3) is 3.81. The van der Waals surface area contributed by atoms with Gasteiger partial charge in [0.1, 0.15) is 11.0 Å². The second-order valence-electron chi connectivity index (χ2n) is 4.53. The van der Waals surface area contributed by atoms with Crippen molar-refractivity contribution in [1.82, 2.24) is 9.97 Å². The van der Waals surface area contributed by atoms with Crippen LogP contribution in [0, 0.1) is 0 Å². The molecule has 0 atom stereocenters. The number of halogens is 1. The van der Waals surface area contributed by atoms with E-state index in [1.54, 1.807) is 12.1 Å². The average Bonchev–Trinajstić information content (AvgIpc) is 2.16. The molecular formula is C12H17ClN2O. The van der Waals surface area contributed by atoms with Crippen LogP contribution in [-0.4, -0.2) is 16.6 Å². The molecule has 1 aromatic heterocycles. The second-order valence-corrected chi connectivity index (χ2v) is 4.92. The predicted octanol–water partition coefficient (Wildman–Crippen LogP) is 3.38. The molecule has 0 radical (unpaired) electrons. The number of aromatic nitrogens is 2. The quantitative estimate of drug-likeness (QED) is 0.460. The zero-order valence-corrected chi connectivity index (χ0v) is 10.7. The van der Waals surface area contributed by atoms with Crippen LogP contribution in [0.1, 0.15) is 33.0 Å². The highest BCUT2D eigenvalue weighted by molar-refractivity contribution is 6.29. The van der Waals surface area contributed by atoms with Gasteiger partial charge in [0, 0.05) is 11.5 Å². The van der Waals surface area contributed by atoms with Crippen LogP contribution in [-0.2, 0) is 5.41 Å². The van der Waals surface area contributed by atoms with E-state index in [-0.39, 0.29) is 5.41 Å². The molecule has 0 aliphatic rings. The van der Waals surface area contributed by atoms with E-state index in [0.717, 1.165) is 6.42 Å². The van der Waals surface area contributed by atoms with Crippen molar-refractivity contribution < 1.29 is 4.74 Å². The summed E-state index contributed by atoms with van der Waals surface area (Å²) in [7, 11) is 0. The van der Waals surface area contributed by atoms with Crippen molar-refractivity contribution >= 4 is 11.6 Å². The summed E-state index contributed by atoms with van der Waals surface area (Å²) in [6, 6.07) is 1.62. The van der Waals surface area contributed by atoms with Gasteiger partial charge in [-0.15, -0.1) is 6.58 Å². The Morgan fingerprint density at radius 1 is 1.44 bits per heavy atom. The molecule has 1 aromatic rings. The largest absolute Gasteiger partial charge is 0.477 e. The van der Waals surface area contributed by atoms with E-state index < -0.39 is 0 Å². The summed E-state index contributed by atoms with van der Waals surface area (Å²) in [6.45, 7) is 10.3. The smallest absolute Gasteiger partial charge is 0.218 e. The van der Waals surface area contributed by atoms with Crippen LogP contribution in [0.2, 0.25) is 5.15 Å². The highest BCUT2D eigenvalue weighted by atomic mass is 35.5. The Balaban J connectivity index is 2.86. The molecule has 0 saturated carbocycles. The molecule has 0 saturated heterocycles. The zero-order chi connectivity index (χ0) is 12.2. The van der Waals surface area contributed by atoms with Gasteiger partial charge in [0.15, 0.2) is 0 Å². The summed E-state index contributed by atoms with van der Waals surface area (Å²) in [6.07, 6.45) is 2.58. The summed E-state index contributed by atoms with van der Waals surface area (Å²) in [5.41, 5.74) is -0.137. The Morgan fingerprint density at radius 3 is 2.69 bits per heavy atom. The SMILES string of the molecule is C=CCCOc1cc(Cl)nc(C(C)(C)C)n1. The molecule has 0 aliphatic heterocycles. The van der Waals surface area contributed by atoms with Crippen molar-refractivity contribution in [2.24, 2.45) is 0 Å². The number of hydrogen-bond acceptors (Lipinski definition) is 3. The lowest BCUT2D eigenvalue weighted by Crippen LogP contribution is -2.16. The van der Waals surface area contributed by atoms with Crippen LogP contribution in [0.4, 0.5) is 0 Å². The van der Waals surface area contributed by atoms with E-state index in [2.05, 4.69) is 16.5 Å². The molecule has 0 N–H and O–H groups in total. The maximum Gasteiger partial charge on any atom is 0.218 e. The van der Waals surface area contributed by atoms with Crippen molar-refractivity contribution in [3.8, 4) is 5.88 Å². The Hall–Kier alpha value is -1.09. The van der Waals surface area contributed by atoms with Gasteiger partial charge in [0.2, 0.25) is 5.88 Å². The lowest BCUT2D eigenvalue weighted by Gasteiger charge is -2.17. The highest BCUT2D eigenvalue weighted by Gasteiger charge is 2.19. The van der Waals surface area contributed by atoms with E-state index in [1.807, 2.05) is 20.8 Å². The first kappa shape index (κ1) is 13.0. The fraction of sp³-hybridized carbons (Fsp3) is 0.500. The fourth-order valence-electron chi connectivity index (χ4n) is 1.05. The van der Waals surface area contributed by atoms with Gasteiger partial charge in [-0.05, 0) is 6.42 Å². The van der Waals surface area contributed by atoms with E-state index in [0.29, 0.717) is 23.5 Å². The number of rotatable bonds is 4. The minimum absolute atomic E-state index is 0.137. The summed E-state index contributed by atoms with van der Waals surface area (Å²) in [5.74, 6) is 1.21. The van der Waals surface area contributed by atoms with Gasteiger partial charge in [-0.2, -0.15) is 4.98 Å². The molecule has 0 amide bonds. The third-order valence-corrected chi connectivity index (χ3v) is 2.11. The molecule has 1 heterocycles. The molecule has 4 heteroatoms. The van der Waals surface area contributed by atoms with Crippen LogP contribution >= 0.6 is 11.6 Å². The van der Waals surface area contributed by atoms with Crippen LogP contribution in [0.15, 0.2) is 18.7 Å². The Bertz CT molecular complexity index is 372. The molecule has 0 aliphatic carbocycles. The Labute approximate surface area is 102 Å². The van der Waals surface area contributed by atoms with Crippen molar-refractivity contribution in [3.05, 3.63) is 29.7 Å². The summed E-state index contributed by atoms with van der Waals surface area (Å²) >= 11 is 5.92. The van der Waals surface area contributed by atoms with Crippen molar-refractivity contribution in [1.29, 1.82) is 0 Å². The molecule has 16 heavy (non-hydrogen) atoms.